The van der Waals surface area contributed by atoms with Crippen molar-refractivity contribution in [3.05, 3.63) is 47.7 Å². The van der Waals surface area contributed by atoms with Crippen LogP contribution in [0.2, 0.25) is 0 Å². The van der Waals surface area contributed by atoms with Gasteiger partial charge in [-0.15, -0.1) is 0 Å². The first-order valence-corrected chi connectivity index (χ1v) is 13.4. The highest BCUT2D eigenvalue weighted by atomic mass is 16.6. The quantitative estimate of drug-likeness (QED) is 0.400. The zero-order valence-corrected chi connectivity index (χ0v) is 23.0. The van der Waals surface area contributed by atoms with Crippen LogP contribution in [0.5, 0.6) is 0 Å². The molecule has 4 rings (SSSR count). The van der Waals surface area contributed by atoms with Crippen LogP contribution in [-0.2, 0) is 15.9 Å². The van der Waals surface area contributed by atoms with Crippen molar-refractivity contribution in [2.45, 2.75) is 104 Å². The van der Waals surface area contributed by atoms with Crippen LogP contribution in [0.4, 0.5) is 9.59 Å². The molecule has 196 valence electrons. The summed E-state index contributed by atoms with van der Waals surface area (Å²) in [5.41, 5.74) is 1.44. The highest BCUT2D eigenvalue weighted by Gasteiger charge is 2.49. The van der Waals surface area contributed by atoms with Gasteiger partial charge in [0.2, 0.25) is 0 Å². The van der Waals surface area contributed by atoms with E-state index < -0.39 is 17.3 Å². The molecular formula is C30H42N2O4. The summed E-state index contributed by atoms with van der Waals surface area (Å²) in [7, 11) is 0. The average molecular weight is 495 g/mol. The molecule has 1 aliphatic carbocycles. The topological polar surface area (TPSA) is 60.8 Å². The van der Waals surface area contributed by atoms with Gasteiger partial charge in [0.1, 0.15) is 11.2 Å². The molecule has 36 heavy (non-hydrogen) atoms. The molecule has 0 N–H and O–H groups in total. The summed E-state index contributed by atoms with van der Waals surface area (Å²) < 4.78 is 13.6. The number of para-hydroxylation sites is 1. The van der Waals surface area contributed by atoms with Gasteiger partial charge in [-0.25, -0.2) is 14.2 Å². The van der Waals surface area contributed by atoms with Gasteiger partial charge in [-0.2, -0.15) is 0 Å². The second-order valence-corrected chi connectivity index (χ2v) is 12.3. The Bertz CT molecular complexity index is 1150. The molecule has 1 unspecified atom stereocenters. The van der Waals surface area contributed by atoms with E-state index in [-0.39, 0.29) is 17.6 Å². The summed E-state index contributed by atoms with van der Waals surface area (Å²) in [6.07, 6.45) is 9.15. The van der Waals surface area contributed by atoms with Crippen molar-refractivity contribution in [2.75, 3.05) is 6.54 Å². The second kappa shape index (κ2) is 9.60. The largest absolute Gasteiger partial charge is 0.444 e. The molecule has 1 amide bonds. The molecule has 1 aliphatic heterocycles. The summed E-state index contributed by atoms with van der Waals surface area (Å²) in [5, 5.41) is 1.06. The summed E-state index contributed by atoms with van der Waals surface area (Å²) in [6, 6.07) is 7.76. The van der Waals surface area contributed by atoms with Gasteiger partial charge in [0.05, 0.1) is 17.3 Å². The normalized spacial score (nSPS) is 20.1. The van der Waals surface area contributed by atoms with E-state index in [1.54, 1.807) is 4.57 Å². The number of aromatic nitrogens is 1. The minimum absolute atomic E-state index is 0.191. The third-order valence-electron chi connectivity index (χ3n) is 7.47. The van der Waals surface area contributed by atoms with Crippen LogP contribution in [-0.4, -0.2) is 39.4 Å². The van der Waals surface area contributed by atoms with Crippen LogP contribution in [0, 0.1) is 5.41 Å². The first-order chi connectivity index (χ1) is 16.9. The van der Waals surface area contributed by atoms with Gasteiger partial charge >= 0.3 is 12.2 Å². The van der Waals surface area contributed by atoms with Crippen LogP contribution >= 0.6 is 0 Å². The zero-order valence-electron chi connectivity index (χ0n) is 23.0. The van der Waals surface area contributed by atoms with Crippen molar-refractivity contribution in [1.29, 1.82) is 0 Å². The van der Waals surface area contributed by atoms with Gasteiger partial charge < -0.3 is 9.47 Å². The zero-order chi connectivity index (χ0) is 26.3. The minimum atomic E-state index is -0.640. The number of allylic oxidation sites excluding steroid dienone is 2. The molecule has 0 spiro atoms. The number of carbonyl (C=O) groups excluding carboxylic acids is 2. The molecule has 2 aromatic rings. The van der Waals surface area contributed by atoms with E-state index in [2.05, 4.69) is 25.1 Å². The molecular weight excluding hydrogens is 452 g/mol. The lowest BCUT2D eigenvalue weighted by molar-refractivity contribution is -0.0170. The number of benzene rings is 1. The van der Waals surface area contributed by atoms with Crippen molar-refractivity contribution >= 4 is 23.1 Å². The van der Waals surface area contributed by atoms with Gasteiger partial charge in [0.25, 0.3) is 0 Å². The van der Waals surface area contributed by atoms with Crippen LogP contribution in [0.25, 0.3) is 10.9 Å². The fourth-order valence-electron chi connectivity index (χ4n) is 5.95. The predicted molar refractivity (Wildman–Crippen MR) is 143 cm³/mol. The number of rotatable bonds is 2. The molecule has 2 heterocycles. The number of carbonyl (C=O) groups is 2. The fourth-order valence-corrected chi connectivity index (χ4v) is 5.95. The lowest BCUT2D eigenvalue weighted by atomic mass is 9.68. The SMILES string of the molecule is CCC1(C2c3c(c4ccccc4n3C(=O)OC(C)(C)C)CCN2C(=O)OC(C)(C)C)CCC=CCC1. The van der Waals surface area contributed by atoms with Gasteiger partial charge in [-0.05, 0) is 97.1 Å². The van der Waals surface area contributed by atoms with E-state index in [4.69, 9.17) is 9.47 Å². The van der Waals surface area contributed by atoms with E-state index >= 15 is 0 Å². The number of fused-ring (bicyclic) bond motifs is 3. The first-order valence-electron chi connectivity index (χ1n) is 13.4. The molecule has 6 heteroatoms. The highest BCUT2D eigenvalue weighted by Crippen LogP contribution is 2.53. The third kappa shape index (κ3) is 5.05. The van der Waals surface area contributed by atoms with Crippen molar-refractivity contribution in [2.24, 2.45) is 5.41 Å². The number of amides is 1. The van der Waals surface area contributed by atoms with Gasteiger partial charge in [0.15, 0.2) is 0 Å². The summed E-state index contributed by atoms with van der Waals surface area (Å²) in [5.74, 6) is 0. The Morgan fingerprint density at radius 1 is 0.944 bits per heavy atom. The van der Waals surface area contributed by atoms with Crippen molar-refractivity contribution in [3.63, 3.8) is 0 Å². The summed E-state index contributed by atoms with van der Waals surface area (Å²) >= 11 is 0. The Kier molecular flexibility index (Phi) is 7.02. The van der Waals surface area contributed by atoms with Gasteiger partial charge in [0, 0.05) is 11.9 Å². The molecule has 0 bridgehead atoms. The molecule has 1 aromatic carbocycles. The van der Waals surface area contributed by atoms with E-state index in [9.17, 15) is 9.59 Å². The summed E-state index contributed by atoms with van der Waals surface area (Å²) in [4.78, 5) is 29.4. The standard InChI is InChI=1S/C30H42N2O4/c1-8-30(18-13-9-10-14-19-30)25-24-22(17-20-31(25)26(33)35-28(2,3)4)21-15-11-12-16-23(21)32(24)27(34)36-29(5,6)7/h9-12,15-16,25H,8,13-14,17-20H2,1-7H3. The Morgan fingerprint density at radius 2 is 1.53 bits per heavy atom. The number of hydrogen-bond donors (Lipinski definition) is 0. The lowest BCUT2D eigenvalue weighted by Gasteiger charge is -2.48. The van der Waals surface area contributed by atoms with E-state index in [1.807, 2.05) is 64.6 Å². The maximum absolute atomic E-state index is 13.8. The molecule has 1 atom stereocenters. The minimum Gasteiger partial charge on any atom is -0.444 e. The molecule has 0 radical (unpaired) electrons. The molecule has 6 nitrogen and oxygen atoms in total. The van der Waals surface area contributed by atoms with Crippen molar-refractivity contribution < 1.29 is 19.1 Å². The Balaban J connectivity index is 1.97. The maximum atomic E-state index is 13.8. The number of ether oxygens (including phenoxy) is 2. The monoisotopic (exact) mass is 494 g/mol. The van der Waals surface area contributed by atoms with Crippen LogP contribution in [0.3, 0.4) is 0 Å². The Hall–Kier alpha value is -2.76. The van der Waals surface area contributed by atoms with Crippen LogP contribution in [0.15, 0.2) is 36.4 Å². The molecule has 1 aromatic heterocycles. The van der Waals surface area contributed by atoms with Crippen LogP contribution < -0.4 is 0 Å². The molecule has 0 fully saturated rings. The first kappa shape index (κ1) is 26.3. The average Bonchev–Trinajstić information content (AvgIpc) is 2.93. The Labute approximate surface area is 215 Å². The number of hydrogen-bond acceptors (Lipinski definition) is 4. The van der Waals surface area contributed by atoms with E-state index in [0.29, 0.717) is 13.0 Å². The molecule has 0 saturated heterocycles. The van der Waals surface area contributed by atoms with Crippen molar-refractivity contribution in [3.8, 4) is 0 Å². The molecule has 2 aliphatic rings. The van der Waals surface area contributed by atoms with E-state index in [1.165, 1.54) is 0 Å². The van der Waals surface area contributed by atoms with Gasteiger partial charge in [-0.3, -0.25) is 4.90 Å². The van der Waals surface area contributed by atoms with Crippen molar-refractivity contribution in [1.82, 2.24) is 9.47 Å². The lowest BCUT2D eigenvalue weighted by Crippen LogP contribution is -2.50. The highest BCUT2D eigenvalue weighted by molar-refractivity contribution is 5.94. The second-order valence-electron chi connectivity index (χ2n) is 12.3. The smallest absolute Gasteiger partial charge is 0.419 e. The maximum Gasteiger partial charge on any atom is 0.419 e. The Morgan fingerprint density at radius 3 is 2.11 bits per heavy atom. The predicted octanol–water partition coefficient (Wildman–Crippen LogP) is 7.79. The van der Waals surface area contributed by atoms with Crippen LogP contribution in [0.1, 0.15) is 97.9 Å². The number of nitrogens with zero attached hydrogens (tertiary/aromatic N) is 2. The van der Waals surface area contributed by atoms with Gasteiger partial charge in [-0.1, -0.05) is 37.3 Å². The summed E-state index contributed by atoms with van der Waals surface area (Å²) in [6.45, 7) is 14.1. The fraction of sp³-hybridized carbons (Fsp3) is 0.600. The molecule has 0 saturated carbocycles. The third-order valence-corrected chi connectivity index (χ3v) is 7.47. The van der Waals surface area contributed by atoms with E-state index in [0.717, 1.165) is 54.3 Å².